The van der Waals surface area contributed by atoms with Crippen LogP contribution in [-0.2, 0) is 22.6 Å². The van der Waals surface area contributed by atoms with Gasteiger partial charge in [0.2, 0.25) is 5.91 Å². The molecule has 0 radical (unpaired) electrons. The Labute approximate surface area is 218 Å². The Balaban J connectivity index is 1.47. The Bertz CT molecular complexity index is 1550. The average Bonchev–Trinajstić information content (AvgIpc) is 3.35. The Hall–Kier alpha value is -4.92. The lowest BCUT2D eigenvalue weighted by molar-refractivity contribution is -0.138. The topological polar surface area (TPSA) is 150 Å². The summed E-state index contributed by atoms with van der Waals surface area (Å²) < 4.78 is 5.82. The van der Waals surface area contributed by atoms with Crippen LogP contribution in [0.2, 0.25) is 0 Å². The number of amidine groups is 1. The first kappa shape index (κ1) is 24.8. The van der Waals surface area contributed by atoms with Gasteiger partial charge in [-0.2, -0.15) is 0 Å². The number of nitrogen functional groups attached to an aromatic ring is 1. The third-order valence-electron chi connectivity index (χ3n) is 6.75. The number of carbonyl (C=O) groups is 3. The monoisotopic (exact) mass is 510 g/mol. The predicted octanol–water partition coefficient (Wildman–Crippen LogP) is 3.62. The zero-order chi connectivity index (χ0) is 26.8. The number of carboxylic acid groups (broad SMARTS) is 1. The van der Waals surface area contributed by atoms with E-state index in [9.17, 15) is 19.5 Å². The van der Waals surface area contributed by atoms with Gasteiger partial charge in [0.05, 0.1) is 12.5 Å². The molecule has 9 nitrogen and oxygen atoms in total. The van der Waals surface area contributed by atoms with Crippen molar-refractivity contribution in [2.45, 2.75) is 31.5 Å². The Morgan fingerprint density at radius 2 is 1.74 bits per heavy atom. The van der Waals surface area contributed by atoms with E-state index in [-0.39, 0.29) is 31.0 Å². The summed E-state index contributed by atoms with van der Waals surface area (Å²) in [5.74, 6) is -2.00. The highest BCUT2D eigenvalue weighted by Crippen LogP contribution is 2.29. The summed E-state index contributed by atoms with van der Waals surface area (Å²) in [6.45, 7) is 0.192. The van der Waals surface area contributed by atoms with Crippen LogP contribution in [0.25, 0.3) is 11.0 Å². The first-order valence-electron chi connectivity index (χ1n) is 12.1. The number of nitrogens with one attached hydrogen (secondary N) is 2. The number of nitrogens with two attached hydrogens (primary N) is 1. The molecule has 0 bridgehead atoms. The third-order valence-corrected chi connectivity index (χ3v) is 6.75. The van der Waals surface area contributed by atoms with Crippen LogP contribution in [0.4, 0.5) is 0 Å². The van der Waals surface area contributed by atoms with Gasteiger partial charge in [-0.05, 0) is 41.0 Å². The molecule has 38 heavy (non-hydrogen) atoms. The zero-order valence-corrected chi connectivity index (χ0v) is 20.4. The van der Waals surface area contributed by atoms with Gasteiger partial charge in [0.15, 0.2) is 5.76 Å². The van der Waals surface area contributed by atoms with Crippen molar-refractivity contribution >= 4 is 34.6 Å². The number of carbonyl (C=O) groups excluding carboxylic acids is 2. The van der Waals surface area contributed by atoms with Gasteiger partial charge in [-0.25, -0.2) is 0 Å². The molecule has 0 fully saturated rings. The number of benzene rings is 3. The van der Waals surface area contributed by atoms with Crippen LogP contribution in [0.15, 0.2) is 83.3 Å². The average molecular weight is 511 g/mol. The molecule has 0 saturated heterocycles. The van der Waals surface area contributed by atoms with E-state index in [1.54, 1.807) is 48.5 Å². The predicted molar refractivity (Wildman–Crippen MR) is 141 cm³/mol. The van der Waals surface area contributed by atoms with Gasteiger partial charge in [0.1, 0.15) is 17.5 Å². The van der Waals surface area contributed by atoms with Crippen molar-refractivity contribution in [1.29, 1.82) is 5.41 Å². The largest absolute Gasteiger partial charge is 0.481 e. The molecule has 2 heterocycles. The standard InChI is InChI=1S/C29H26N4O5/c30-27(31)19-10-11-24-21(12-19)14-25(38-24)29(37)33-16-20-9-5-4-8-18(20)13-23(33)28(36)32-22(15-26(34)35)17-6-2-1-3-7-17/h1-12,14,22-23H,13,15-16H2,(H3,30,31)(H,32,36)(H,34,35). The highest BCUT2D eigenvalue weighted by atomic mass is 16.4. The second-order valence-corrected chi connectivity index (χ2v) is 9.27. The summed E-state index contributed by atoms with van der Waals surface area (Å²) >= 11 is 0. The summed E-state index contributed by atoms with van der Waals surface area (Å²) in [5, 5.41) is 20.6. The van der Waals surface area contributed by atoms with Crippen LogP contribution in [0, 0.1) is 5.41 Å². The molecule has 2 unspecified atom stereocenters. The van der Waals surface area contributed by atoms with Crippen LogP contribution >= 0.6 is 0 Å². The van der Waals surface area contributed by atoms with Crippen molar-refractivity contribution in [3.05, 3.63) is 107 Å². The number of amides is 2. The minimum absolute atomic E-state index is 0.0584. The molecule has 0 spiro atoms. The van der Waals surface area contributed by atoms with E-state index in [1.165, 1.54) is 4.90 Å². The second-order valence-electron chi connectivity index (χ2n) is 9.27. The number of aliphatic carboxylic acids is 1. The first-order chi connectivity index (χ1) is 18.3. The van der Waals surface area contributed by atoms with Gasteiger partial charge in [0, 0.05) is 23.9 Å². The van der Waals surface area contributed by atoms with E-state index >= 15 is 0 Å². The van der Waals surface area contributed by atoms with E-state index in [0.717, 1.165) is 11.1 Å². The van der Waals surface area contributed by atoms with Crippen LogP contribution in [0.3, 0.4) is 0 Å². The van der Waals surface area contributed by atoms with Gasteiger partial charge < -0.3 is 25.5 Å². The Morgan fingerprint density at radius 1 is 1.03 bits per heavy atom. The molecular formula is C29H26N4O5. The number of nitrogens with zero attached hydrogens (tertiary/aromatic N) is 1. The van der Waals surface area contributed by atoms with E-state index in [0.29, 0.717) is 22.1 Å². The number of rotatable bonds is 7. The molecule has 0 aliphatic carbocycles. The molecule has 5 N–H and O–H groups in total. The van der Waals surface area contributed by atoms with Gasteiger partial charge in [-0.15, -0.1) is 0 Å². The fourth-order valence-electron chi connectivity index (χ4n) is 4.81. The number of furan rings is 1. The minimum Gasteiger partial charge on any atom is -0.481 e. The molecular weight excluding hydrogens is 484 g/mol. The Kier molecular flexibility index (Phi) is 6.66. The van der Waals surface area contributed by atoms with Gasteiger partial charge in [-0.1, -0.05) is 54.6 Å². The van der Waals surface area contributed by atoms with Crippen LogP contribution in [-0.4, -0.2) is 39.7 Å². The molecule has 1 aliphatic rings. The highest BCUT2D eigenvalue weighted by molar-refractivity contribution is 6.02. The number of hydrogen-bond acceptors (Lipinski definition) is 5. The molecule has 192 valence electrons. The van der Waals surface area contributed by atoms with Gasteiger partial charge in [0.25, 0.3) is 5.91 Å². The third kappa shape index (κ3) is 4.99. The van der Waals surface area contributed by atoms with Crippen LogP contribution in [0.5, 0.6) is 0 Å². The molecule has 4 aromatic rings. The van der Waals surface area contributed by atoms with Crippen molar-refractivity contribution in [1.82, 2.24) is 10.2 Å². The molecule has 0 saturated carbocycles. The maximum absolute atomic E-state index is 13.7. The molecule has 2 amide bonds. The minimum atomic E-state index is -1.05. The van der Waals surface area contributed by atoms with E-state index in [4.69, 9.17) is 15.6 Å². The summed E-state index contributed by atoms with van der Waals surface area (Å²) in [6, 6.07) is 21.4. The van der Waals surface area contributed by atoms with Crippen molar-refractivity contribution in [3.8, 4) is 0 Å². The zero-order valence-electron chi connectivity index (χ0n) is 20.4. The lowest BCUT2D eigenvalue weighted by Crippen LogP contribution is -2.53. The lowest BCUT2D eigenvalue weighted by Gasteiger charge is -2.36. The molecule has 9 heteroatoms. The Morgan fingerprint density at radius 3 is 2.45 bits per heavy atom. The van der Waals surface area contributed by atoms with E-state index in [1.807, 2.05) is 30.3 Å². The quantitative estimate of drug-likeness (QED) is 0.220. The smallest absolute Gasteiger partial charge is 0.305 e. The first-order valence-corrected chi connectivity index (χ1v) is 12.1. The maximum Gasteiger partial charge on any atom is 0.305 e. The number of carboxylic acids is 1. The van der Waals surface area contributed by atoms with Crippen molar-refractivity contribution in [2.75, 3.05) is 0 Å². The number of hydrogen-bond donors (Lipinski definition) is 4. The highest BCUT2D eigenvalue weighted by Gasteiger charge is 2.37. The molecule has 3 aromatic carbocycles. The van der Waals surface area contributed by atoms with Crippen molar-refractivity contribution < 1.29 is 23.9 Å². The van der Waals surface area contributed by atoms with Gasteiger partial charge >= 0.3 is 5.97 Å². The van der Waals surface area contributed by atoms with E-state index in [2.05, 4.69) is 5.32 Å². The fraction of sp³-hybridized carbons (Fsp3) is 0.172. The fourth-order valence-corrected chi connectivity index (χ4v) is 4.81. The van der Waals surface area contributed by atoms with Crippen LogP contribution < -0.4 is 11.1 Å². The summed E-state index contributed by atoms with van der Waals surface area (Å²) in [7, 11) is 0. The molecule has 5 rings (SSSR count). The van der Waals surface area contributed by atoms with Crippen molar-refractivity contribution in [2.24, 2.45) is 5.73 Å². The molecule has 1 aliphatic heterocycles. The van der Waals surface area contributed by atoms with E-state index < -0.39 is 29.9 Å². The molecule has 1 aromatic heterocycles. The summed E-state index contributed by atoms with van der Waals surface area (Å²) in [4.78, 5) is 40.4. The maximum atomic E-state index is 13.7. The number of fused-ring (bicyclic) bond motifs is 2. The SMILES string of the molecule is N=C(N)c1ccc2oc(C(=O)N3Cc4ccccc4CC3C(=O)NC(CC(=O)O)c3ccccc3)cc2c1. The second kappa shape index (κ2) is 10.2. The van der Waals surface area contributed by atoms with Gasteiger partial charge in [-0.3, -0.25) is 19.8 Å². The summed E-state index contributed by atoms with van der Waals surface area (Å²) in [5.41, 5.74) is 9.09. The lowest BCUT2D eigenvalue weighted by atomic mass is 9.92. The normalized spacial score (nSPS) is 15.5. The van der Waals surface area contributed by atoms with Crippen molar-refractivity contribution in [3.63, 3.8) is 0 Å². The van der Waals surface area contributed by atoms with Crippen LogP contribution in [0.1, 0.15) is 45.3 Å². The summed E-state index contributed by atoms with van der Waals surface area (Å²) in [6.07, 6.45) is -0.0217. The molecule has 2 atom stereocenters.